The van der Waals surface area contributed by atoms with Crippen molar-refractivity contribution in [1.82, 2.24) is 19.6 Å². The fourth-order valence-corrected chi connectivity index (χ4v) is 11.6. The molecule has 0 radical (unpaired) electrons. The number of amides is 1. The van der Waals surface area contributed by atoms with Gasteiger partial charge < -0.3 is 64.1 Å². The van der Waals surface area contributed by atoms with E-state index in [0.29, 0.717) is 51.4 Å². The number of nitrogen functional groups attached to an aromatic ring is 2. The number of methoxy groups -OCH3 is 4. The predicted molar refractivity (Wildman–Crippen MR) is 403 cm³/mol. The molecule has 5 aromatic rings. The van der Waals surface area contributed by atoms with Crippen molar-refractivity contribution in [3.63, 3.8) is 0 Å². The van der Waals surface area contributed by atoms with Crippen LogP contribution in [0.3, 0.4) is 0 Å². The zero-order valence-corrected chi connectivity index (χ0v) is 63.5. The van der Waals surface area contributed by atoms with E-state index in [1.165, 1.54) is 77.5 Å². The molecule has 5 aliphatic rings. The highest BCUT2D eigenvalue weighted by molar-refractivity contribution is 6.54. The Kier molecular flexibility index (Phi) is 30.3. The molecule has 27 heteroatoms. The monoisotopic (exact) mass is 1440 g/mol. The lowest BCUT2D eigenvalue weighted by molar-refractivity contribution is -0.385. The number of nitro groups is 3. The Morgan fingerprint density at radius 3 is 1.18 bits per heavy atom. The largest absolute Gasteiger partial charge is 0.495 e. The van der Waals surface area contributed by atoms with E-state index in [4.69, 9.17) is 79.3 Å². The lowest BCUT2D eigenvalue weighted by Gasteiger charge is -2.32. The average Bonchev–Trinajstić information content (AvgIpc) is 1.60. The quantitative estimate of drug-likeness (QED) is 0.0538. The van der Waals surface area contributed by atoms with Crippen molar-refractivity contribution in [2.24, 2.45) is 0 Å². The molecule has 1 saturated heterocycles. The molecule has 0 unspecified atom stereocenters. The van der Waals surface area contributed by atoms with Crippen LogP contribution in [0.25, 0.3) is 16.7 Å². The smallest absolute Gasteiger partial charge is 0.490 e. The summed E-state index contributed by atoms with van der Waals surface area (Å²) < 4.78 is 38.0. The molecule has 10 rings (SSSR count). The normalized spacial score (nSPS) is 16.5. The third-order valence-electron chi connectivity index (χ3n) is 17.7. The Labute approximate surface area is 604 Å². The molecule has 0 bridgehead atoms. The summed E-state index contributed by atoms with van der Waals surface area (Å²) in [5.41, 5.74) is 25.3. The molecule has 1 amide bonds. The van der Waals surface area contributed by atoms with Crippen LogP contribution in [0.4, 0.5) is 33.2 Å². The maximum Gasteiger partial charge on any atom is 0.490 e. The van der Waals surface area contributed by atoms with Gasteiger partial charge in [-0.05, 0) is 233 Å². The van der Waals surface area contributed by atoms with Gasteiger partial charge in [0.2, 0.25) is 0 Å². The van der Waals surface area contributed by atoms with Crippen molar-refractivity contribution < 1.29 is 52.6 Å². The standard InChI is InChI=1S/C16H28BNO4.C14H18N2O3.2C14H20N2O.C8H8ClNO3.C7H5Cl2NO2/c1-14(2,3)20-13(19)18-10-8-12(9-11-18)17-21-15(4,5)16(6,7)22-17;1-10-8-13(16(17)18)14(19-3)9-12(10)11-4-6-15(2)7-5-11;2*1-10-8-13(15)14(17-3)9-12(10)11-4-6-16(2)7-5-11;1-5-3-7(10(11)12)8(13-2)4-6(5)9;1-4-2-7(10(11)12)6(9)3-5(4)8/h8H,9-11H2,1-7H3;4,8-9H,5-7H2,1-3H3;2*4,8-9H,5-7,15H2,1-3H3;3-4H,1-2H3;2-3H,1H3. The molecule has 544 valence electrons. The van der Waals surface area contributed by atoms with Gasteiger partial charge in [-0.1, -0.05) is 59.1 Å². The summed E-state index contributed by atoms with van der Waals surface area (Å²) in [6, 6.07) is 17.0. The Balaban J connectivity index is 0.000000219. The van der Waals surface area contributed by atoms with E-state index in [0.717, 1.165) is 93.1 Å². The van der Waals surface area contributed by atoms with Crippen LogP contribution in [0.2, 0.25) is 15.1 Å². The number of ether oxygens (including phenoxy) is 5. The number of hydrogen-bond donors (Lipinski definition) is 2. The van der Waals surface area contributed by atoms with Gasteiger partial charge in [0.1, 0.15) is 22.1 Å². The van der Waals surface area contributed by atoms with Gasteiger partial charge in [0.05, 0.1) is 65.8 Å². The highest BCUT2D eigenvalue weighted by Gasteiger charge is 2.52. The molecule has 0 atom stereocenters. The summed E-state index contributed by atoms with van der Waals surface area (Å²) in [5, 5.41) is 32.8. The zero-order valence-electron chi connectivity index (χ0n) is 61.3. The van der Waals surface area contributed by atoms with Gasteiger partial charge in [0.25, 0.3) is 5.69 Å². The number of benzene rings is 5. The molecule has 0 saturated carbocycles. The van der Waals surface area contributed by atoms with E-state index in [-0.39, 0.29) is 52.2 Å². The van der Waals surface area contributed by atoms with Crippen LogP contribution in [-0.2, 0) is 14.0 Å². The predicted octanol–water partition coefficient (Wildman–Crippen LogP) is 16.2. The minimum absolute atomic E-state index is 0.0253. The Hall–Kier alpha value is -7.94. The van der Waals surface area contributed by atoms with Gasteiger partial charge in [-0.25, -0.2) is 4.79 Å². The van der Waals surface area contributed by atoms with Crippen LogP contribution in [0.15, 0.2) is 90.4 Å². The molecule has 5 aliphatic heterocycles. The highest BCUT2D eigenvalue weighted by atomic mass is 35.5. The van der Waals surface area contributed by atoms with Gasteiger partial charge in [-0.2, -0.15) is 0 Å². The van der Waals surface area contributed by atoms with Crippen molar-refractivity contribution in [1.29, 1.82) is 0 Å². The number of rotatable bonds is 11. The van der Waals surface area contributed by atoms with Gasteiger partial charge in [0.15, 0.2) is 11.5 Å². The molecule has 0 aliphatic carbocycles. The SMILES string of the molecule is CC(C)(C)OC(=O)N1CC=C(B2OC(C)(C)C(C)(C)O2)CC1.COc1cc(C2=CCN(C)CC2)c(C)cc1N.COc1cc(C2=CCN(C)CC2)c(C)cc1N.COc1cc(C2=CCN(C)CC2)c(C)cc1[N+](=O)[O-].COc1cc(Cl)c(C)cc1[N+](=O)[O-].Cc1cc([N+](=O)[O-])c(Cl)cc1Cl. The highest BCUT2D eigenvalue weighted by Crippen LogP contribution is 2.41. The Morgan fingerprint density at radius 1 is 0.490 bits per heavy atom. The number of nitrogens with zero attached hydrogens (tertiary/aromatic N) is 7. The van der Waals surface area contributed by atoms with Crippen molar-refractivity contribution >= 4 is 93.2 Å². The van der Waals surface area contributed by atoms with Crippen molar-refractivity contribution in [2.75, 3.05) is 113 Å². The molecular weight excluding hydrogens is 1340 g/mol. The molecule has 100 heavy (non-hydrogen) atoms. The first-order chi connectivity index (χ1) is 46.7. The number of aryl methyl sites for hydroxylation is 5. The zero-order chi connectivity index (χ0) is 74.9. The maximum atomic E-state index is 12.1. The molecule has 4 N–H and O–H groups in total. The summed E-state index contributed by atoms with van der Waals surface area (Å²) in [6.45, 7) is 30.6. The number of carbonyl (C=O) groups is 1. The third-order valence-corrected chi connectivity index (χ3v) is 18.8. The first-order valence-corrected chi connectivity index (χ1v) is 33.8. The molecule has 1 fully saturated rings. The molecule has 5 heterocycles. The number of anilines is 2. The second kappa shape index (κ2) is 36.6. The summed E-state index contributed by atoms with van der Waals surface area (Å²) in [5.74, 6) is 2.04. The van der Waals surface area contributed by atoms with E-state index in [1.807, 2.05) is 73.6 Å². The summed E-state index contributed by atoms with van der Waals surface area (Å²) in [7, 11) is 12.2. The summed E-state index contributed by atoms with van der Waals surface area (Å²) >= 11 is 17.0. The molecular formula is C73H99BCl3N9O14. The maximum absolute atomic E-state index is 12.1. The first kappa shape index (κ1) is 82.7. The average molecular weight is 1440 g/mol. The number of halogens is 3. The van der Waals surface area contributed by atoms with E-state index >= 15 is 0 Å². The van der Waals surface area contributed by atoms with Crippen molar-refractivity contribution in [2.45, 2.75) is 126 Å². The van der Waals surface area contributed by atoms with Crippen LogP contribution in [0, 0.1) is 65.0 Å². The van der Waals surface area contributed by atoms with Gasteiger partial charge in [-0.3, -0.25) is 30.3 Å². The van der Waals surface area contributed by atoms with E-state index in [1.54, 1.807) is 45.1 Å². The second-order valence-corrected chi connectivity index (χ2v) is 28.2. The third kappa shape index (κ3) is 23.0. The minimum atomic E-state index is -0.536. The van der Waals surface area contributed by atoms with Gasteiger partial charge in [0, 0.05) is 86.7 Å². The number of hydrogen-bond acceptors (Lipinski definition) is 19. The number of nitro benzene ring substituents is 3. The van der Waals surface area contributed by atoms with Crippen LogP contribution in [0.5, 0.6) is 23.0 Å². The van der Waals surface area contributed by atoms with E-state index in [9.17, 15) is 35.1 Å². The molecule has 5 aromatic carbocycles. The summed E-state index contributed by atoms with van der Waals surface area (Å²) in [4.78, 5) is 51.1. The fourth-order valence-electron chi connectivity index (χ4n) is 11.0. The lowest BCUT2D eigenvalue weighted by Crippen LogP contribution is -2.41. The minimum Gasteiger partial charge on any atom is -0.495 e. The number of nitrogens with two attached hydrogens (primary N) is 2. The van der Waals surface area contributed by atoms with Crippen LogP contribution in [0.1, 0.15) is 119 Å². The van der Waals surface area contributed by atoms with Crippen molar-refractivity contribution in [3.05, 3.63) is 180 Å². The number of carbonyl (C=O) groups excluding carboxylic acids is 1. The van der Waals surface area contributed by atoms with Crippen molar-refractivity contribution in [3.8, 4) is 23.0 Å². The first-order valence-electron chi connectivity index (χ1n) is 32.7. The number of likely N-dealkylation sites (N-methyl/N-ethyl adjacent to an activating group) is 3. The summed E-state index contributed by atoms with van der Waals surface area (Å²) in [6.07, 6.45) is 12.4. The van der Waals surface area contributed by atoms with E-state index < -0.39 is 20.4 Å². The molecule has 0 spiro atoms. The van der Waals surface area contributed by atoms with Gasteiger partial charge >= 0.3 is 24.6 Å². The lowest BCUT2D eigenvalue weighted by atomic mass is 9.75. The van der Waals surface area contributed by atoms with Crippen LogP contribution < -0.4 is 30.4 Å². The Morgan fingerprint density at radius 2 is 0.840 bits per heavy atom. The fraction of sp³-hybridized carbons (Fsp3) is 0.466. The molecule has 23 nitrogen and oxygen atoms in total. The van der Waals surface area contributed by atoms with Crippen LogP contribution >= 0.6 is 34.8 Å². The topological polar surface area (TPSA) is 276 Å². The molecule has 0 aromatic heterocycles. The van der Waals surface area contributed by atoms with E-state index in [2.05, 4.69) is 80.1 Å². The second-order valence-electron chi connectivity index (χ2n) is 27.0. The van der Waals surface area contributed by atoms with Crippen LogP contribution in [-0.4, -0.2) is 166 Å². The van der Waals surface area contributed by atoms with Gasteiger partial charge in [-0.15, -0.1) is 0 Å². The Bertz CT molecular complexity index is 3790.